The van der Waals surface area contributed by atoms with Crippen molar-refractivity contribution in [3.05, 3.63) is 23.3 Å². The van der Waals surface area contributed by atoms with Crippen LogP contribution in [0, 0.1) is 11.3 Å². The Kier molecular flexibility index (Phi) is 3.53. The highest BCUT2D eigenvalue weighted by molar-refractivity contribution is 5.18. The first-order valence-electron chi connectivity index (χ1n) is 6.58. The average molecular weight is 220 g/mol. The summed E-state index contributed by atoms with van der Waals surface area (Å²) in [5.41, 5.74) is 3.43. The third-order valence-electron chi connectivity index (χ3n) is 4.14. The van der Waals surface area contributed by atoms with Crippen molar-refractivity contribution >= 4 is 0 Å². The molecule has 0 aromatic carbocycles. The number of hydrogen-bond acceptors (Lipinski definition) is 1. The molecule has 0 saturated heterocycles. The first kappa shape index (κ1) is 11.9. The summed E-state index contributed by atoms with van der Waals surface area (Å²) in [7, 11) is 0. The monoisotopic (exact) mass is 220 g/mol. The lowest BCUT2D eigenvalue weighted by molar-refractivity contribution is 0.293. The van der Waals surface area contributed by atoms with Gasteiger partial charge in [-0.05, 0) is 55.4 Å². The van der Waals surface area contributed by atoms with E-state index in [9.17, 15) is 0 Å². The molecule has 90 valence electrons. The Balaban J connectivity index is 1.99. The molecule has 0 radical (unpaired) electrons. The van der Waals surface area contributed by atoms with Gasteiger partial charge in [0.25, 0.3) is 0 Å². The van der Waals surface area contributed by atoms with Crippen molar-refractivity contribution in [3.8, 4) is 0 Å². The molecule has 1 atom stereocenters. The van der Waals surface area contributed by atoms with Crippen molar-refractivity contribution in [3.63, 3.8) is 0 Å². The highest BCUT2D eigenvalue weighted by Crippen LogP contribution is 2.41. The fraction of sp³-hybridized carbons (Fsp3) is 0.733. The topological polar surface area (TPSA) is 20.2 Å². The van der Waals surface area contributed by atoms with E-state index < -0.39 is 0 Å². The van der Waals surface area contributed by atoms with Gasteiger partial charge in [0.1, 0.15) is 0 Å². The van der Waals surface area contributed by atoms with Gasteiger partial charge in [-0.1, -0.05) is 31.6 Å². The van der Waals surface area contributed by atoms with Crippen molar-refractivity contribution in [2.24, 2.45) is 11.3 Å². The standard InChI is InChI=1S/C15H24O/c1-15(2)9-3-4-14(10-15)13-7-5-12(11-16)6-8-13/h4-5,13,16H,3,6-11H2,1-2H3/t13-/m1/s1. The van der Waals surface area contributed by atoms with Crippen LogP contribution in [0.3, 0.4) is 0 Å². The maximum atomic E-state index is 9.09. The van der Waals surface area contributed by atoms with Crippen LogP contribution in [0.25, 0.3) is 0 Å². The summed E-state index contributed by atoms with van der Waals surface area (Å²) in [6, 6.07) is 0. The quantitative estimate of drug-likeness (QED) is 0.701. The van der Waals surface area contributed by atoms with Crippen LogP contribution in [0.4, 0.5) is 0 Å². The maximum Gasteiger partial charge on any atom is 0.0641 e. The van der Waals surface area contributed by atoms with Crippen LogP contribution in [0.15, 0.2) is 23.3 Å². The van der Waals surface area contributed by atoms with Gasteiger partial charge in [0.05, 0.1) is 6.61 Å². The molecule has 2 aliphatic rings. The Hall–Kier alpha value is -0.560. The third kappa shape index (κ3) is 2.76. The second-order valence-electron chi connectivity index (χ2n) is 6.15. The van der Waals surface area contributed by atoms with Gasteiger partial charge >= 0.3 is 0 Å². The van der Waals surface area contributed by atoms with Crippen molar-refractivity contribution < 1.29 is 5.11 Å². The molecule has 0 unspecified atom stereocenters. The Morgan fingerprint density at radius 3 is 2.75 bits per heavy atom. The van der Waals surface area contributed by atoms with Crippen molar-refractivity contribution in [1.29, 1.82) is 0 Å². The fourth-order valence-electron chi connectivity index (χ4n) is 3.04. The molecule has 0 bridgehead atoms. The van der Waals surface area contributed by atoms with E-state index in [4.69, 9.17) is 5.11 Å². The molecule has 0 fully saturated rings. The molecule has 2 aliphatic carbocycles. The van der Waals surface area contributed by atoms with Crippen molar-refractivity contribution in [2.45, 2.75) is 52.4 Å². The third-order valence-corrected chi connectivity index (χ3v) is 4.14. The van der Waals surface area contributed by atoms with E-state index in [0.717, 1.165) is 18.8 Å². The van der Waals surface area contributed by atoms with Gasteiger partial charge in [0, 0.05) is 0 Å². The number of allylic oxidation sites excluding steroid dienone is 3. The summed E-state index contributed by atoms with van der Waals surface area (Å²) < 4.78 is 0. The minimum atomic E-state index is 0.261. The summed E-state index contributed by atoms with van der Waals surface area (Å²) >= 11 is 0. The molecule has 1 nitrogen and oxygen atoms in total. The van der Waals surface area contributed by atoms with Crippen LogP contribution in [0.5, 0.6) is 0 Å². The van der Waals surface area contributed by atoms with Crippen molar-refractivity contribution in [1.82, 2.24) is 0 Å². The number of rotatable bonds is 2. The molecule has 16 heavy (non-hydrogen) atoms. The molecule has 0 saturated carbocycles. The van der Waals surface area contributed by atoms with E-state index in [1.165, 1.54) is 31.3 Å². The van der Waals surface area contributed by atoms with E-state index in [1.54, 1.807) is 5.57 Å². The summed E-state index contributed by atoms with van der Waals surface area (Å²) in [6.07, 6.45) is 12.1. The molecule has 0 heterocycles. The minimum absolute atomic E-state index is 0.261. The van der Waals surface area contributed by atoms with E-state index in [2.05, 4.69) is 26.0 Å². The first-order valence-corrected chi connectivity index (χ1v) is 6.58. The minimum Gasteiger partial charge on any atom is -0.392 e. The normalized spacial score (nSPS) is 29.6. The van der Waals surface area contributed by atoms with E-state index >= 15 is 0 Å². The Bertz CT molecular complexity index is 309. The molecule has 1 heteroatoms. The van der Waals surface area contributed by atoms with Crippen LogP contribution in [-0.4, -0.2) is 11.7 Å². The average Bonchev–Trinajstić information content (AvgIpc) is 2.28. The largest absolute Gasteiger partial charge is 0.392 e. The lowest BCUT2D eigenvalue weighted by Gasteiger charge is -2.34. The summed E-state index contributed by atoms with van der Waals surface area (Å²) in [6.45, 7) is 5.03. The van der Waals surface area contributed by atoms with Gasteiger partial charge in [0.15, 0.2) is 0 Å². The van der Waals surface area contributed by atoms with E-state index in [0.29, 0.717) is 5.41 Å². The first-order chi connectivity index (χ1) is 7.61. The fourth-order valence-corrected chi connectivity index (χ4v) is 3.04. The second kappa shape index (κ2) is 4.75. The van der Waals surface area contributed by atoms with E-state index in [-0.39, 0.29) is 6.61 Å². The maximum absolute atomic E-state index is 9.09. The smallest absolute Gasteiger partial charge is 0.0641 e. The van der Waals surface area contributed by atoms with Crippen molar-refractivity contribution in [2.75, 3.05) is 6.61 Å². The molecule has 2 rings (SSSR count). The van der Waals surface area contributed by atoms with Gasteiger partial charge in [-0.3, -0.25) is 0 Å². The zero-order valence-electron chi connectivity index (χ0n) is 10.6. The predicted octanol–water partition coefficient (Wildman–Crippen LogP) is 3.84. The van der Waals surface area contributed by atoms with Crippen LogP contribution < -0.4 is 0 Å². The number of hydrogen-bond donors (Lipinski definition) is 1. The highest BCUT2D eigenvalue weighted by Gasteiger charge is 2.27. The van der Waals surface area contributed by atoms with Crippen LogP contribution >= 0.6 is 0 Å². The van der Waals surface area contributed by atoms with Gasteiger partial charge < -0.3 is 5.11 Å². The summed E-state index contributed by atoms with van der Waals surface area (Å²) in [4.78, 5) is 0. The Labute approximate surface area is 99.3 Å². The molecule has 0 aromatic heterocycles. The summed E-state index contributed by atoms with van der Waals surface area (Å²) in [5.74, 6) is 0.759. The van der Waals surface area contributed by atoms with Gasteiger partial charge in [-0.2, -0.15) is 0 Å². The van der Waals surface area contributed by atoms with Gasteiger partial charge in [-0.25, -0.2) is 0 Å². The van der Waals surface area contributed by atoms with Gasteiger partial charge in [0.2, 0.25) is 0 Å². The summed E-state index contributed by atoms with van der Waals surface area (Å²) in [5, 5.41) is 9.09. The Morgan fingerprint density at radius 2 is 2.19 bits per heavy atom. The molecule has 0 aliphatic heterocycles. The van der Waals surface area contributed by atoms with Gasteiger partial charge in [-0.15, -0.1) is 0 Å². The molecule has 0 amide bonds. The van der Waals surface area contributed by atoms with Crippen LogP contribution in [0.2, 0.25) is 0 Å². The second-order valence-corrected chi connectivity index (χ2v) is 6.15. The van der Waals surface area contributed by atoms with Crippen LogP contribution in [-0.2, 0) is 0 Å². The highest BCUT2D eigenvalue weighted by atomic mass is 16.3. The van der Waals surface area contributed by atoms with Crippen LogP contribution in [0.1, 0.15) is 52.4 Å². The molecule has 0 aromatic rings. The molecule has 0 spiro atoms. The lowest BCUT2D eigenvalue weighted by Crippen LogP contribution is -2.21. The molecule has 1 N–H and O–H groups in total. The number of aliphatic hydroxyl groups excluding tert-OH is 1. The zero-order valence-corrected chi connectivity index (χ0v) is 10.6. The molecular weight excluding hydrogens is 196 g/mol. The molecular formula is C15H24O. The lowest BCUT2D eigenvalue weighted by atomic mass is 9.71. The Morgan fingerprint density at radius 1 is 1.38 bits per heavy atom. The number of aliphatic hydroxyl groups is 1. The van der Waals surface area contributed by atoms with E-state index in [1.807, 2.05) is 0 Å². The zero-order chi connectivity index (χ0) is 11.6. The SMILES string of the molecule is CC1(C)CCC=C([C@@H]2CC=C(CO)CC2)C1. The predicted molar refractivity (Wildman–Crippen MR) is 68.2 cm³/mol.